The Morgan fingerprint density at radius 3 is 2.26 bits per heavy atom. The lowest BCUT2D eigenvalue weighted by molar-refractivity contribution is 0.0614. The summed E-state index contributed by atoms with van der Waals surface area (Å²) in [4.78, 5) is 48.5. The van der Waals surface area contributed by atoms with Crippen LogP contribution in [0.1, 0.15) is 51.5 Å². The Hall–Kier alpha value is -6.55. The van der Waals surface area contributed by atoms with Gasteiger partial charge in [-0.25, -0.2) is 13.8 Å². The van der Waals surface area contributed by atoms with Crippen LogP contribution >= 0.6 is 0 Å². The fourth-order valence-electron chi connectivity index (χ4n) is 7.98. The number of fused-ring (bicyclic) bond motifs is 4. The Labute approximate surface area is 310 Å². The van der Waals surface area contributed by atoms with Crippen molar-refractivity contribution >= 4 is 33.4 Å². The molecule has 1 aliphatic rings. The van der Waals surface area contributed by atoms with E-state index >= 15 is 0 Å². The molecule has 3 heterocycles. The third-order valence-electron chi connectivity index (χ3n) is 10.7. The molecule has 0 bridgehead atoms. The van der Waals surface area contributed by atoms with Gasteiger partial charge in [-0.05, 0) is 66.4 Å². The van der Waals surface area contributed by atoms with E-state index in [0.717, 1.165) is 49.1 Å². The number of aryl methyl sites for hydroxylation is 1. The molecule has 0 saturated carbocycles. The van der Waals surface area contributed by atoms with E-state index in [1.807, 2.05) is 66.5 Å². The minimum atomic E-state index is -0.892. The Morgan fingerprint density at radius 2 is 1.46 bits per heavy atom. The zero-order valence-electron chi connectivity index (χ0n) is 30.1. The Morgan fingerprint density at radius 1 is 0.778 bits per heavy atom. The lowest BCUT2D eigenvalue weighted by Gasteiger charge is -2.42. The van der Waals surface area contributed by atoms with Gasteiger partial charge in [0.05, 0.1) is 11.7 Å². The van der Waals surface area contributed by atoms with Crippen molar-refractivity contribution < 1.29 is 14.3 Å². The summed E-state index contributed by atoms with van der Waals surface area (Å²) in [6, 6.07) is 37.3. The molecule has 2 atom stereocenters. The summed E-state index contributed by atoms with van der Waals surface area (Å²) in [6.45, 7) is 2.18. The zero-order chi connectivity index (χ0) is 37.7. The first-order valence-electron chi connectivity index (χ1n) is 17.9. The number of aromatic nitrogens is 3. The maximum Gasteiger partial charge on any atom is 0.338 e. The van der Waals surface area contributed by atoms with Crippen LogP contribution in [0.2, 0.25) is 0 Å². The summed E-state index contributed by atoms with van der Waals surface area (Å²) in [5.41, 5.74) is 3.58. The number of carbonyl (C=O) groups excluding carboxylic acids is 1. The number of para-hydroxylation sites is 2. The van der Waals surface area contributed by atoms with Crippen LogP contribution in [-0.4, -0.2) is 48.4 Å². The number of rotatable bonds is 8. The van der Waals surface area contributed by atoms with Crippen LogP contribution < -0.4 is 11.2 Å². The quantitative estimate of drug-likeness (QED) is 0.170. The molecule has 7 aromatic rings. The van der Waals surface area contributed by atoms with Gasteiger partial charge >= 0.3 is 5.69 Å². The second kappa shape index (κ2) is 13.8. The third kappa shape index (κ3) is 5.71. The van der Waals surface area contributed by atoms with E-state index in [1.165, 1.54) is 25.2 Å². The first-order chi connectivity index (χ1) is 26.2. The van der Waals surface area contributed by atoms with Crippen LogP contribution in [0.3, 0.4) is 0 Å². The van der Waals surface area contributed by atoms with E-state index < -0.39 is 29.0 Å². The molecule has 0 fully saturated rings. The van der Waals surface area contributed by atoms with Crippen molar-refractivity contribution in [3.63, 3.8) is 0 Å². The number of halogens is 1. The largest absolute Gasteiger partial charge is 0.494 e. The highest BCUT2D eigenvalue weighted by molar-refractivity contribution is 6.08. The fourth-order valence-corrected chi connectivity index (χ4v) is 7.98. The second-order valence-electron chi connectivity index (χ2n) is 13.8. The summed E-state index contributed by atoms with van der Waals surface area (Å²) >= 11 is 0. The van der Waals surface area contributed by atoms with Crippen LogP contribution in [0.4, 0.5) is 4.39 Å². The smallest absolute Gasteiger partial charge is 0.338 e. The second-order valence-corrected chi connectivity index (χ2v) is 13.8. The first-order valence-corrected chi connectivity index (χ1v) is 17.9. The highest BCUT2D eigenvalue weighted by atomic mass is 19.1. The molecule has 0 saturated heterocycles. The molecular weight excluding hydrogens is 682 g/mol. The Balaban J connectivity index is 1.28. The lowest BCUT2D eigenvalue weighted by atomic mass is 9.79. The average molecular weight is 720 g/mol. The fraction of sp³-hybridized carbons (Fsp3) is 0.182. The summed E-state index contributed by atoms with van der Waals surface area (Å²) < 4.78 is 18.7. The number of aromatic hydroxyl groups is 1. The van der Waals surface area contributed by atoms with E-state index in [0.29, 0.717) is 23.1 Å². The van der Waals surface area contributed by atoms with Crippen molar-refractivity contribution in [3.05, 3.63) is 176 Å². The summed E-state index contributed by atoms with van der Waals surface area (Å²) in [6.07, 6.45) is 0.637. The number of amides is 1. The molecular formula is C44H38FN5O4. The van der Waals surface area contributed by atoms with Crippen LogP contribution in [-0.2, 0) is 20.5 Å². The van der Waals surface area contributed by atoms with Gasteiger partial charge in [-0.15, -0.1) is 0 Å². The van der Waals surface area contributed by atoms with Crippen molar-refractivity contribution in [1.29, 1.82) is 0 Å². The molecule has 10 heteroatoms. The van der Waals surface area contributed by atoms with E-state index in [4.69, 9.17) is 4.99 Å². The molecule has 5 aromatic carbocycles. The average Bonchev–Trinajstić information content (AvgIpc) is 3.48. The molecule has 2 unspecified atom stereocenters. The van der Waals surface area contributed by atoms with Gasteiger partial charge in [0.25, 0.3) is 11.5 Å². The maximum atomic E-state index is 14.9. The maximum absolute atomic E-state index is 14.9. The van der Waals surface area contributed by atoms with Crippen molar-refractivity contribution in [2.45, 2.75) is 25.3 Å². The molecule has 270 valence electrons. The number of benzene rings is 5. The Kier molecular flexibility index (Phi) is 8.81. The topological polar surface area (TPSA) is 102 Å². The monoisotopic (exact) mass is 719 g/mol. The predicted molar refractivity (Wildman–Crippen MR) is 210 cm³/mol. The van der Waals surface area contributed by atoms with E-state index in [1.54, 1.807) is 6.92 Å². The van der Waals surface area contributed by atoms with E-state index in [2.05, 4.69) is 47.0 Å². The van der Waals surface area contributed by atoms with Gasteiger partial charge in [0.1, 0.15) is 11.4 Å². The molecule has 1 N–H and O–H groups in total. The molecule has 1 aliphatic heterocycles. The SMILES string of the molecule is CC(=NCC1c2ccccc2C(=O)N(CCc2ccccc2)C1c1ccc2c(c1)c1ccccc1n2C)c1c(O)n(C)c(=O)n(-c2ccccc2F)c1=O. The van der Waals surface area contributed by atoms with Gasteiger partial charge in [0.15, 0.2) is 0 Å². The molecule has 0 radical (unpaired) electrons. The highest BCUT2D eigenvalue weighted by Crippen LogP contribution is 2.44. The van der Waals surface area contributed by atoms with E-state index in [-0.39, 0.29) is 35.3 Å². The van der Waals surface area contributed by atoms with Crippen molar-refractivity contribution in [2.75, 3.05) is 13.1 Å². The van der Waals surface area contributed by atoms with Crippen molar-refractivity contribution in [3.8, 4) is 11.6 Å². The number of hydrogen-bond donors (Lipinski definition) is 1. The minimum Gasteiger partial charge on any atom is -0.494 e. The lowest BCUT2D eigenvalue weighted by Crippen LogP contribution is -2.44. The summed E-state index contributed by atoms with van der Waals surface area (Å²) in [7, 11) is 3.37. The van der Waals surface area contributed by atoms with Gasteiger partial charge < -0.3 is 14.6 Å². The number of hydrogen-bond acceptors (Lipinski definition) is 5. The van der Waals surface area contributed by atoms with Crippen LogP contribution in [0, 0.1) is 5.82 Å². The van der Waals surface area contributed by atoms with E-state index in [9.17, 15) is 23.9 Å². The number of carbonyl (C=O) groups is 1. The first kappa shape index (κ1) is 34.5. The zero-order valence-corrected chi connectivity index (χ0v) is 30.1. The van der Waals surface area contributed by atoms with Gasteiger partial charge in [0.2, 0.25) is 5.88 Å². The van der Waals surface area contributed by atoms with Gasteiger partial charge in [-0.3, -0.25) is 19.1 Å². The van der Waals surface area contributed by atoms with Gasteiger partial charge in [-0.2, -0.15) is 0 Å². The molecule has 8 rings (SSSR count). The molecule has 0 aliphatic carbocycles. The standard InChI is InChI=1S/C44H38FN5O4/c1-27(39-42(52)48(3)44(54)50(43(39)53)38-20-12-10-18-35(38)45)46-26-34-30-15-7-8-17-32(30)41(51)49(24-23-28-13-5-4-6-14-28)40(34)29-21-22-37-33(25-29)31-16-9-11-19-36(31)47(37)2/h4-22,25,34,40,52H,23-24,26H2,1-3H3. The molecule has 9 nitrogen and oxygen atoms in total. The molecule has 2 aromatic heterocycles. The van der Waals surface area contributed by atoms with Crippen LogP contribution in [0.5, 0.6) is 5.88 Å². The van der Waals surface area contributed by atoms with Crippen molar-refractivity contribution in [1.82, 2.24) is 18.6 Å². The van der Waals surface area contributed by atoms with Crippen LogP contribution in [0.25, 0.3) is 27.5 Å². The van der Waals surface area contributed by atoms with Crippen molar-refractivity contribution in [2.24, 2.45) is 19.1 Å². The third-order valence-corrected chi connectivity index (χ3v) is 10.7. The normalized spacial score (nSPS) is 16.0. The van der Waals surface area contributed by atoms with Gasteiger partial charge in [0, 0.05) is 66.2 Å². The predicted octanol–water partition coefficient (Wildman–Crippen LogP) is 7.06. The van der Waals surface area contributed by atoms with Gasteiger partial charge in [-0.1, -0.05) is 84.9 Å². The highest BCUT2D eigenvalue weighted by Gasteiger charge is 2.40. The minimum absolute atomic E-state index is 0.0787. The van der Waals surface area contributed by atoms with Crippen LogP contribution in [0.15, 0.2) is 136 Å². The molecule has 0 spiro atoms. The Bertz CT molecular complexity index is 2750. The summed E-state index contributed by atoms with van der Waals surface area (Å²) in [5, 5.41) is 13.3. The molecule has 1 amide bonds. The summed E-state index contributed by atoms with van der Waals surface area (Å²) in [5.74, 6) is -1.76. The number of aliphatic imine (C=N–C) groups is 1. The molecule has 54 heavy (non-hydrogen) atoms. The number of nitrogens with zero attached hydrogens (tertiary/aromatic N) is 5.